The Labute approximate surface area is 155 Å². The van der Waals surface area contributed by atoms with Gasteiger partial charge in [-0.05, 0) is 25.5 Å². The molecule has 0 aliphatic carbocycles. The molecule has 2 aromatic rings. The van der Waals surface area contributed by atoms with E-state index in [-0.39, 0.29) is 6.10 Å². The van der Waals surface area contributed by atoms with E-state index in [0.717, 1.165) is 22.8 Å². The summed E-state index contributed by atoms with van der Waals surface area (Å²) in [6, 6.07) is 11.9. The van der Waals surface area contributed by atoms with Gasteiger partial charge in [0.05, 0.1) is 13.2 Å². The van der Waals surface area contributed by atoms with Gasteiger partial charge < -0.3 is 19.7 Å². The molecule has 0 saturated heterocycles. The van der Waals surface area contributed by atoms with Gasteiger partial charge in [-0.25, -0.2) is 4.98 Å². The predicted octanol–water partition coefficient (Wildman–Crippen LogP) is 3.08. The minimum absolute atomic E-state index is 0.119. The van der Waals surface area contributed by atoms with Crippen LogP contribution in [0.5, 0.6) is 11.6 Å². The number of nitrogens with one attached hydrogen (secondary N) is 1. The van der Waals surface area contributed by atoms with E-state index in [0.29, 0.717) is 19.0 Å². The average Bonchev–Trinajstić information content (AvgIpc) is 2.63. The first-order valence-corrected chi connectivity index (χ1v) is 8.68. The Balaban J connectivity index is 1.94. The van der Waals surface area contributed by atoms with Gasteiger partial charge in [0.15, 0.2) is 5.96 Å². The molecular formula is C20H28N4O2. The summed E-state index contributed by atoms with van der Waals surface area (Å²) in [7, 11) is 5.46. The van der Waals surface area contributed by atoms with Crippen LogP contribution in [0.2, 0.25) is 0 Å². The fraction of sp³-hybridized carbons (Fsp3) is 0.400. The van der Waals surface area contributed by atoms with Crippen LogP contribution in [-0.2, 0) is 13.1 Å². The van der Waals surface area contributed by atoms with Crippen molar-refractivity contribution in [1.29, 1.82) is 0 Å². The molecular weight excluding hydrogens is 328 g/mol. The summed E-state index contributed by atoms with van der Waals surface area (Å²) in [4.78, 5) is 10.7. The van der Waals surface area contributed by atoms with Crippen molar-refractivity contribution in [2.45, 2.75) is 33.0 Å². The van der Waals surface area contributed by atoms with Gasteiger partial charge in [0, 0.05) is 45.0 Å². The Hall–Kier alpha value is -2.76. The van der Waals surface area contributed by atoms with Crippen LogP contribution in [0.4, 0.5) is 0 Å². The lowest BCUT2D eigenvalue weighted by Gasteiger charge is -2.23. The summed E-state index contributed by atoms with van der Waals surface area (Å²) < 4.78 is 11.0. The number of aliphatic imine (C=N–C) groups is 1. The van der Waals surface area contributed by atoms with E-state index < -0.39 is 0 Å². The molecule has 6 nitrogen and oxygen atoms in total. The number of para-hydroxylation sites is 1. The van der Waals surface area contributed by atoms with E-state index in [1.54, 1.807) is 14.2 Å². The van der Waals surface area contributed by atoms with Gasteiger partial charge >= 0.3 is 0 Å². The number of nitrogens with zero attached hydrogens (tertiary/aromatic N) is 3. The van der Waals surface area contributed by atoms with Crippen molar-refractivity contribution in [3.63, 3.8) is 0 Å². The number of aromatic nitrogens is 1. The molecule has 26 heavy (non-hydrogen) atoms. The Morgan fingerprint density at radius 3 is 2.62 bits per heavy atom. The van der Waals surface area contributed by atoms with Gasteiger partial charge in [-0.15, -0.1) is 0 Å². The van der Waals surface area contributed by atoms with Crippen LogP contribution < -0.4 is 14.8 Å². The molecule has 0 spiro atoms. The third-order valence-corrected chi connectivity index (χ3v) is 3.78. The van der Waals surface area contributed by atoms with Crippen molar-refractivity contribution < 1.29 is 9.47 Å². The lowest BCUT2D eigenvalue weighted by atomic mass is 10.2. The Morgan fingerprint density at radius 2 is 2.00 bits per heavy atom. The zero-order valence-corrected chi connectivity index (χ0v) is 16.2. The van der Waals surface area contributed by atoms with Gasteiger partial charge in [-0.3, -0.25) is 4.99 Å². The highest BCUT2D eigenvalue weighted by Gasteiger charge is 2.10. The number of rotatable bonds is 7. The maximum atomic E-state index is 5.57. The molecule has 1 aromatic heterocycles. The molecule has 2 rings (SSSR count). The molecule has 1 heterocycles. The van der Waals surface area contributed by atoms with E-state index in [2.05, 4.69) is 26.3 Å². The van der Waals surface area contributed by atoms with E-state index in [1.807, 2.05) is 57.4 Å². The molecule has 0 fully saturated rings. The summed E-state index contributed by atoms with van der Waals surface area (Å²) in [5.74, 6) is 2.32. The molecule has 1 N–H and O–H groups in total. The zero-order chi connectivity index (χ0) is 18.9. The summed E-state index contributed by atoms with van der Waals surface area (Å²) in [5.41, 5.74) is 2.17. The molecule has 0 aliphatic rings. The summed E-state index contributed by atoms with van der Waals surface area (Å²) >= 11 is 0. The normalized spacial score (nSPS) is 11.4. The highest BCUT2D eigenvalue weighted by atomic mass is 16.5. The topological polar surface area (TPSA) is 59.0 Å². The number of pyridine rings is 1. The molecule has 0 saturated carbocycles. The smallest absolute Gasteiger partial charge is 0.213 e. The highest BCUT2D eigenvalue weighted by Crippen LogP contribution is 2.18. The maximum Gasteiger partial charge on any atom is 0.213 e. The highest BCUT2D eigenvalue weighted by molar-refractivity contribution is 5.79. The minimum Gasteiger partial charge on any atom is -0.496 e. The summed E-state index contributed by atoms with van der Waals surface area (Å²) in [5, 5.41) is 3.36. The molecule has 0 bridgehead atoms. The van der Waals surface area contributed by atoms with Crippen molar-refractivity contribution in [3.05, 3.63) is 53.7 Å². The zero-order valence-electron chi connectivity index (χ0n) is 16.2. The molecule has 140 valence electrons. The first-order valence-electron chi connectivity index (χ1n) is 8.68. The van der Waals surface area contributed by atoms with Gasteiger partial charge in [0.25, 0.3) is 0 Å². The van der Waals surface area contributed by atoms with E-state index >= 15 is 0 Å². The molecule has 0 aliphatic heterocycles. The second-order valence-corrected chi connectivity index (χ2v) is 6.24. The van der Waals surface area contributed by atoms with E-state index in [9.17, 15) is 0 Å². The molecule has 0 unspecified atom stereocenters. The van der Waals surface area contributed by atoms with Crippen molar-refractivity contribution >= 4 is 5.96 Å². The predicted molar refractivity (Wildman–Crippen MR) is 105 cm³/mol. The standard InChI is InChI=1S/C20H28N4O2/c1-15(2)26-19-11-10-16(12-22-19)13-23-20(21-3)24(4)14-17-8-6-7-9-18(17)25-5/h6-12,15H,13-14H2,1-5H3,(H,21,23). The molecule has 6 heteroatoms. The number of hydrogen-bond donors (Lipinski definition) is 1. The van der Waals surface area contributed by atoms with Crippen LogP contribution in [0.3, 0.4) is 0 Å². The third-order valence-electron chi connectivity index (χ3n) is 3.78. The fourth-order valence-corrected chi connectivity index (χ4v) is 2.56. The van der Waals surface area contributed by atoms with Gasteiger partial charge in [-0.2, -0.15) is 0 Å². The summed E-state index contributed by atoms with van der Waals surface area (Å²) in [6.07, 6.45) is 1.94. The van der Waals surface area contributed by atoms with Crippen LogP contribution in [-0.4, -0.2) is 43.2 Å². The quantitative estimate of drug-likeness (QED) is 0.610. The van der Waals surface area contributed by atoms with Crippen LogP contribution in [0.15, 0.2) is 47.6 Å². The maximum absolute atomic E-state index is 5.57. The molecule has 0 radical (unpaired) electrons. The van der Waals surface area contributed by atoms with Gasteiger partial charge in [-0.1, -0.05) is 24.3 Å². The average molecular weight is 356 g/mol. The summed E-state index contributed by atoms with van der Waals surface area (Å²) in [6.45, 7) is 5.30. The Bertz CT molecular complexity index is 714. The number of methoxy groups -OCH3 is 1. The molecule has 1 aromatic carbocycles. The molecule has 0 amide bonds. The van der Waals surface area contributed by atoms with Crippen molar-refractivity contribution in [1.82, 2.24) is 15.2 Å². The van der Waals surface area contributed by atoms with Crippen molar-refractivity contribution in [3.8, 4) is 11.6 Å². The van der Waals surface area contributed by atoms with Crippen molar-refractivity contribution in [2.24, 2.45) is 4.99 Å². The van der Waals surface area contributed by atoms with Crippen molar-refractivity contribution in [2.75, 3.05) is 21.2 Å². The van der Waals surface area contributed by atoms with E-state index in [4.69, 9.17) is 9.47 Å². The van der Waals surface area contributed by atoms with Gasteiger partial charge in [0.2, 0.25) is 5.88 Å². The minimum atomic E-state index is 0.119. The van der Waals surface area contributed by atoms with Gasteiger partial charge in [0.1, 0.15) is 5.75 Å². The fourth-order valence-electron chi connectivity index (χ4n) is 2.56. The lowest BCUT2D eigenvalue weighted by Crippen LogP contribution is -2.38. The second-order valence-electron chi connectivity index (χ2n) is 6.24. The Morgan fingerprint density at radius 1 is 1.23 bits per heavy atom. The van der Waals surface area contributed by atoms with Crippen LogP contribution in [0, 0.1) is 0 Å². The first kappa shape index (κ1) is 19.6. The number of ether oxygens (including phenoxy) is 2. The first-order chi connectivity index (χ1) is 12.5. The third kappa shape index (κ3) is 5.65. The SMILES string of the molecule is CN=C(NCc1ccc(OC(C)C)nc1)N(C)Cc1ccccc1OC. The number of guanidine groups is 1. The number of benzene rings is 1. The second kappa shape index (κ2) is 9.65. The van der Waals surface area contributed by atoms with E-state index in [1.165, 1.54) is 0 Å². The van der Waals surface area contributed by atoms with Crippen LogP contribution >= 0.6 is 0 Å². The Kier molecular flexibility index (Phi) is 7.26. The lowest BCUT2D eigenvalue weighted by molar-refractivity contribution is 0.232. The largest absolute Gasteiger partial charge is 0.496 e. The van der Waals surface area contributed by atoms with Crippen LogP contribution in [0.1, 0.15) is 25.0 Å². The monoisotopic (exact) mass is 356 g/mol. The van der Waals surface area contributed by atoms with Crippen LogP contribution in [0.25, 0.3) is 0 Å². The number of hydrogen-bond acceptors (Lipinski definition) is 4. The molecule has 0 atom stereocenters.